The Morgan fingerprint density at radius 1 is 0.766 bits per heavy atom. The van der Waals surface area contributed by atoms with Crippen LogP contribution in [0, 0.1) is 65.7 Å². The van der Waals surface area contributed by atoms with Crippen LogP contribution in [0.3, 0.4) is 0 Å². The summed E-state index contributed by atoms with van der Waals surface area (Å²) in [4.78, 5) is 11.0. The van der Waals surface area contributed by atoms with Gasteiger partial charge in [-0.1, -0.05) is 32.4 Å². The van der Waals surface area contributed by atoms with Gasteiger partial charge in [-0.2, -0.15) is 0 Å². The molecule has 0 bridgehead atoms. The Labute approximate surface area is 582 Å². The van der Waals surface area contributed by atoms with Crippen molar-refractivity contribution in [1.29, 1.82) is 0 Å². The van der Waals surface area contributed by atoms with Gasteiger partial charge in [0.05, 0.1) is 5.60 Å². The molecule has 2 aliphatic carbocycles. The van der Waals surface area contributed by atoms with Gasteiger partial charge in [-0.05, 0) is 51.7 Å². The molecule has 2 aliphatic heterocycles. The average molecular weight is 1840 g/mol. The molecule has 77 heavy (non-hydrogen) atoms. The molecule has 1 saturated carbocycles. The molecule has 0 aromatic carbocycles. The fourth-order valence-corrected chi connectivity index (χ4v) is 15.1. The van der Waals surface area contributed by atoms with Crippen molar-refractivity contribution in [2.24, 2.45) is 23.7 Å². The minimum absolute atomic E-state index is 0. The first-order valence-corrected chi connectivity index (χ1v) is 35.1. The number of aldehydes is 1. The van der Waals surface area contributed by atoms with Crippen LogP contribution in [0.25, 0.3) is 0 Å². The van der Waals surface area contributed by atoms with Crippen molar-refractivity contribution in [2.45, 2.75) is 214 Å². The number of carbonyl (C=O) groups is 1. The zero-order chi connectivity index (χ0) is 55.5. The number of rotatable bonds is 15. The van der Waals surface area contributed by atoms with Crippen LogP contribution in [0.4, 0.5) is 0 Å². The van der Waals surface area contributed by atoms with Crippen molar-refractivity contribution in [3.8, 4) is 0 Å². The second-order valence-corrected chi connectivity index (χ2v) is 38.2. The van der Waals surface area contributed by atoms with E-state index < -0.39 is 16.6 Å². The molecule has 4 N–H and O–H groups in total. The third kappa shape index (κ3) is 28.1. The summed E-state index contributed by atoms with van der Waals surface area (Å²) in [6.45, 7) is 58.3. The summed E-state index contributed by atoms with van der Waals surface area (Å²) in [5.41, 5.74) is 3.51. The van der Waals surface area contributed by atoms with E-state index in [1.54, 1.807) is 0 Å². The van der Waals surface area contributed by atoms with E-state index in [1.807, 2.05) is 0 Å². The van der Waals surface area contributed by atoms with Crippen molar-refractivity contribution in [1.82, 2.24) is 0 Å². The molecular formula is C60H100O9Si2W3Y3-6. The quantitative estimate of drug-likeness (QED) is 0.0316. The van der Waals surface area contributed by atoms with E-state index >= 15 is 0 Å². The first kappa shape index (κ1) is 90.4. The maximum atomic E-state index is 11.0. The van der Waals surface area contributed by atoms with Crippen LogP contribution < -0.4 is 0 Å². The molecule has 3 radical (unpaired) electrons. The standard InChI is InChI=1S/C21H35O3Si.C16H32O2Si.C15H19O2.C5H5O2.3CH3.3W.3Y/c1-10-18-16(14-22)15-13-21(7,24-25(8,9)19(2,3)4)12-11-17(15)20(5,6)23-18;1-14(2)10-9-11-16(6,12-13-17)18-19(7,8)15(3,4)5;1-5-14-12(9-16)11-8-10(2)6-7-13(11)15(3,4)17-14;1-2-5(7)3-4-6;;;;;;;;;/h1,10,15,17,22H,11-13H2,2-9H3;10,13H,9,11-12H2,1-8H3;1,5-6,11,13,16H,7-8H2,2-4H3;1-3,6-7H;3*1H3;;;;;;/q-1;;5*-1;;;;;;. The van der Waals surface area contributed by atoms with Gasteiger partial charge in [0.2, 0.25) is 0 Å². The van der Waals surface area contributed by atoms with Gasteiger partial charge in [0.1, 0.15) is 6.29 Å². The predicted octanol–water partition coefficient (Wildman–Crippen LogP) is 15.3. The largest absolute Gasteiger partial charge is 0.358 e. The first-order valence-electron chi connectivity index (χ1n) is 24.8. The predicted molar refractivity (Wildman–Crippen MR) is 305 cm³/mol. The number of allylic oxidation sites excluding steroid dienone is 7. The number of hydrogen-bond donors (Lipinski definition) is 4. The third-order valence-corrected chi connectivity index (χ3v) is 26.5. The average Bonchev–Trinajstić information content (AvgIpc) is 3.18. The summed E-state index contributed by atoms with van der Waals surface area (Å²) in [6, 6.07) is 0. The fraction of sp³-hybridized carbons (Fsp3) is 0.617. The Kier molecular flexibility index (Phi) is 44.3. The molecule has 1 fully saturated rings. The normalized spacial score (nSPS) is 22.8. The summed E-state index contributed by atoms with van der Waals surface area (Å²) >= 11 is 3.01. The molecule has 0 aromatic rings. The molecule has 6 unspecified atom stereocenters. The number of aliphatic hydroxyl groups is 4. The van der Waals surface area contributed by atoms with Crippen molar-refractivity contribution < 1.29 is 200 Å². The van der Waals surface area contributed by atoms with Gasteiger partial charge in [0, 0.05) is 105 Å². The van der Waals surface area contributed by atoms with Crippen molar-refractivity contribution in [3.63, 3.8) is 0 Å². The van der Waals surface area contributed by atoms with Crippen molar-refractivity contribution >= 4 is 35.2 Å². The second-order valence-electron chi connectivity index (χ2n) is 24.5. The molecule has 4 aliphatic rings. The fourth-order valence-electron chi connectivity index (χ4n) is 9.46. The minimum atomic E-state index is -1.88. The van der Waals surface area contributed by atoms with Gasteiger partial charge in [0.25, 0.3) is 0 Å². The van der Waals surface area contributed by atoms with E-state index in [0.29, 0.717) is 43.9 Å². The molecule has 435 valence electrons. The van der Waals surface area contributed by atoms with E-state index in [4.69, 9.17) is 48.3 Å². The maximum Gasteiger partial charge on any atom is 0 e. The zero-order valence-electron chi connectivity index (χ0n) is 51.5. The molecule has 17 heteroatoms. The Morgan fingerprint density at radius 3 is 1.57 bits per heavy atom. The summed E-state index contributed by atoms with van der Waals surface area (Å²) in [5, 5.41) is 37.8. The Hall–Kier alpha value is 2.21. The van der Waals surface area contributed by atoms with Crippen LogP contribution in [-0.2, 0) is 179 Å². The van der Waals surface area contributed by atoms with E-state index in [1.165, 1.54) is 29.4 Å². The summed E-state index contributed by atoms with van der Waals surface area (Å²) in [6.07, 6.45) is 18.0. The molecule has 9 nitrogen and oxygen atoms in total. The van der Waals surface area contributed by atoms with Crippen LogP contribution >= 0.6 is 0 Å². The molecule has 0 aromatic heterocycles. The number of hydrogen-bond acceptors (Lipinski definition) is 9. The topological polar surface area (TPSA) is 135 Å². The monoisotopic (exact) mass is 1840 g/mol. The number of ether oxygens (including phenoxy) is 2. The smallest absolute Gasteiger partial charge is 0 e. The molecule has 0 spiro atoms. The maximum absolute atomic E-state index is 11.0. The van der Waals surface area contributed by atoms with Crippen LogP contribution in [0.15, 0.2) is 76.0 Å². The van der Waals surface area contributed by atoms with Gasteiger partial charge in [0.15, 0.2) is 8.32 Å². The SMILES string of the molecule is CC(C)=CCCC(C)(CC=O)O[Si](C)(C)C(C)(C)C.[CH-]=CC(O)=C[C](O)=[W].[CH-]=CC1=C([C](O)=[W])C2CC(C)(O[Si](C)(C)C(C)(C)C)CCC2C(C)(C)O1.[CH-]=CC1=C([C](O)=[W])C2CC(C)=CCC2C(C)(C)O1.[CH3-].[CH3-].[CH3-].[Y].[Y].[Y]. The second kappa shape index (κ2) is 37.7. The third-order valence-electron chi connectivity index (χ3n) is 15.2. The minimum Gasteiger partial charge on any atom is -0.358 e. The summed E-state index contributed by atoms with van der Waals surface area (Å²) in [7, 11) is -3.71. The van der Waals surface area contributed by atoms with E-state index in [-0.39, 0.29) is 169 Å². The van der Waals surface area contributed by atoms with Gasteiger partial charge in [-0.3, -0.25) is 0 Å². The molecule has 6 atom stereocenters. The number of carbonyl (C=O) groups excluding carboxylic acids is 1. The summed E-state index contributed by atoms with van der Waals surface area (Å²) in [5.74, 6) is 2.49. The van der Waals surface area contributed by atoms with E-state index in [9.17, 15) is 15.0 Å². The number of fused-ring (bicyclic) bond motifs is 2. The number of aliphatic hydroxyl groups excluding tert-OH is 4. The molecular weight excluding hydrogens is 1740 g/mol. The first-order chi connectivity index (χ1) is 32.1. The molecule has 4 rings (SSSR count). The van der Waals surface area contributed by atoms with Crippen LogP contribution in [-0.4, -0.2) is 78.0 Å². The molecule has 2 heterocycles. The van der Waals surface area contributed by atoms with Gasteiger partial charge >= 0.3 is 350 Å². The Morgan fingerprint density at radius 2 is 1.21 bits per heavy atom. The van der Waals surface area contributed by atoms with Gasteiger partial charge < -0.3 is 31.5 Å². The van der Waals surface area contributed by atoms with Crippen LogP contribution in [0.1, 0.15) is 155 Å². The van der Waals surface area contributed by atoms with Crippen molar-refractivity contribution in [2.75, 3.05) is 0 Å². The van der Waals surface area contributed by atoms with Crippen molar-refractivity contribution in [3.05, 3.63) is 118 Å². The summed E-state index contributed by atoms with van der Waals surface area (Å²) < 4.78 is 26.5. The van der Waals surface area contributed by atoms with E-state index in [0.717, 1.165) is 127 Å². The van der Waals surface area contributed by atoms with Crippen LogP contribution in [0.5, 0.6) is 0 Å². The van der Waals surface area contributed by atoms with Gasteiger partial charge in [-0.15, -0.1) is 0 Å². The Bertz CT molecular complexity index is 2130. The van der Waals surface area contributed by atoms with Gasteiger partial charge in [-0.25, -0.2) is 0 Å². The zero-order valence-corrected chi connectivity index (χ0v) is 70.8. The molecule has 0 saturated heterocycles. The molecule has 0 amide bonds. The van der Waals surface area contributed by atoms with Crippen LogP contribution in [0.2, 0.25) is 36.3 Å². The van der Waals surface area contributed by atoms with E-state index in [2.05, 4.69) is 142 Å². The Balaban J connectivity index is -0.000000224.